The predicted octanol–water partition coefficient (Wildman–Crippen LogP) is -0.598. The summed E-state index contributed by atoms with van der Waals surface area (Å²) < 4.78 is 27.6. The van der Waals surface area contributed by atoms with E-state index in [0.717, 1.165) is 7.11 Å². The van der Waals surface area contributed by atoms with E-state index < -0.39 is 26.3 Å². The first-order valence-corrected chi connectivity index (χ1v) is 8.42. The molecule has 3 rings (SSSR count). The summed E-state index contributed by atoms with van der Waals surface area (Å²) in [6, 6.07) is 0. The van der Waals surface area contributed by atoms with E-state index in [4.69, 9.17) is 20.7 Å². The summed E-state index contributed by atoms with van der Waals surface area (Å²) in [4.78, 5) is 21.3. The Bertz CT molecular complexity index is 799. The van der Waals surface area contributed by atoms with Gasteiger partial charge in [-0.3, -0.25) is 13.6 Å². The number of phosphoric acid groups is 1. The maximum absolute atomic E-state index is 11.3. The highest BCUT2D eigenvalue weighted by Gasteiger charge is 2.37. The molecule has 0 aliphatic carbocycles. The summed E-state index contributed by atoms with van der Waals surface area (Å²) in [5, 5.41) is 10.1. The molecule has 0 spiro atoms. The van der Waals surface area contributed by atoms with Gasteiger partial charge in [0.2, 0.25) is 5.95 Å². The molecular weight excluding hydrogens is 343 g/mol. The number of fused-ring (bicyclic) bond motifs is 1. The molecule has 24 heavy (non-hydrogen) atoms. The molecule has 13 heteroatoms. The SMILES string of the molecule is COP(=O)(O)OCC1OC(n2cnc3c(N)nc(N)nc32)CC1O. The van der Waals surface area contributed by atoms with Crippen molar-refractivity contribution in [2.24, 2.45) is 0 Å². The van der Waals surface area contributed by atoms with Crippen LogP contribution in [0.15, 0.2) is 6.33 Å². The zero-order valence-electron chi connectivity index (χ0n) is 12.6. The van der Waals surface area contributed by atoms with Crippen LogP contribution >= 0.6 is 7.82 Å². The van der Waals surface area contributed by atoms with Gasteiger partial charge >= 0.3 is 7.82 Å². The lowest BCUT2D eigenvalue weighted by Crippen LogP contribution is -2.26. The quantitative estimate of drug-likeness (QED) is 0.500. The minimum atomic E-state index is -4.15. The zero-order valence-corrected chi connectivity index (χ0v) is 13.5. The second kappa shape index (κ2) is 6.24. The summed E-state index contributed by atoms with van der Waals surface area (Å²) in [5.74, 6) is 0.123. The topological polar surface area (TPSA) is 181 Å². The number of ether oxygens (including phenoxy) is 1. The van der Waals surface area contributed by atoms with Gasteiger partial charge in [-0.1, -0.05) is 0 Å². The van der Waals surface area contributed by atoms with Crippen LogP contribution in [0.1, 0.15) is 12.6 Å². The smallest absolute Gasteiger partial charge is 0.390 e. The van der Waals surface area contributed by atoms with E-state index >= 15 is 0 Å². The van der Waals surface area contributed by atoms with Crippen LogP contribution in [-0.2, 0) is 18.3 Å². The third-order valence-electron chi connectivity index (χ3n) is 3.61. The second-order valence-corrected chi connectivity index (χ2v) is 6.73. The standard InChI is InChI=1S/C11H17N6O6P/c1-21-24(19,20)22-3-6-5(18)2-7(23-6)17-4-14-8-9(12)15-11(13)16-10(8)17/h4-7,18H,2-3H2,1H3,(H,19,20)(H4,12,13,15,16). The number of nitrogens with two attached hydrogens (primary N) is 2. The van der Waals surface area contributed by atoms with Gasteiger partial charge in [0.15, 0.2) is 11.5 Å². The Balaban J connectivity index is 1.79. The fourth-order valence-corrected chi connectivity index (χ4v) is 2.86. The Hall–Kier alpha value is -1.82. The lowest BCUT2D eigenvalue weighted by atomic mass is 10.2. The normalized spacial score (nSPS) is 26.7. The number of hydrogen-bond acceptors (Lipinski definition) is 10. The van der Waals surface area contributed by atoms with Crippen molar-refractivity contribution in [1.29, 1.82) is 0 Å². The molecule has 4 atom stereocenters. The maximum Gasteiger partial charge on any atom is 0.472 e. The number of aliphatic hydroxyl groups is 1. The Kier molecular flexibility index (Phi) is 4.42. The van der Waals surface area contributed by atoms with E-state index in [2.05, 4.69) is 19.5 Å². The van der Waals surface area contributed by atoms with Crippen molar-refractivity contribution < 1.29 is 28.3 Å². The molecule has 1 aliphatic heterocycles. The van der Waals surface area contributed by atoms with Crippen LogP contribution in [0.5, 0.6) is 0 Å². The van der Waals surface area contributed by atoms with Crippen molar-refractivity contribution >= 4 is 30.8 Å². The largest absolute Gasteiger partial charge is 0.472 e. The molecule has 0 radical (unpaired) electrons. The van der Waals surface area contributed by atoms with Gasteiger partial charge in [-0.2, -0.15) is 9.97 Å². The monoisotopic (exact) mass is 360 g/mol. The van der Waals surface area contributed by atoms with Gasteiger partial charge in [0.1, 0.15) is 17.8 Å². The molecule has 132 valence electrons. The molecule has 2 aromatic rings. The molecule has 3 heterocycles. The van der Waals surface area contributed by atoms with Crippen LogP contribution in [0.3, 0.4) is 0 Å². The van der Waals surface area contributed by atoms with Gasteiger partial charge in [0, 0.05) is 13.5 Å². The highest BCUT2D eigenvalue weighted by Crippen LogP contribution is 2.43. The first kappa shape index (κ1) is 17.0. The summed E-state index contributed by atoms with van der Waals surface area (Å²) in [6.45, 7) is -0.314. The van der Waals surface area contributed by atoms with Crippen LogP contribution < -0.4 is 11.5 Å². The number of anilines is 2. The molecule has 2 aromatic heterocycles. The van der Waals surface area contributed by atoms with Crippen molar-refractivity contribution in [2.45, 2.75) is 24.9 Å². The average Bonchev–Trinajstić information content (AvgIpc) is 3.09. The van der Waals surface area contributed by atoms with Gasteiger partial charge in [-0.15, -0.1) is 0 Å². The van der Waals surface area contributed by atoms with E-state index in [-0.39, 0.29) is 24.8 Å². The summed E-state index contributed by atoms with van der Waals surface area (Å²) in [5.41, 5.74) is 12.1. The maximum atomic E-state index is 11.3. The van der Waals surface area contributed by atoms with Crippen molar-refractivity contribution in [2.75, 3.05) is 25.2 Å². The second-order valence-electron chi connectivity index (χ2n) is 5.17. The predicted molar refractivity (Wildman–Crippen MR) is 81.5 cm³/mol. The molecule has 1 fully saturated rings. The first-order chi connectivity index (χ1) is 11.3. The van der Waals surface area contributed by atoms with E-state index in [0.29, 0.717) is 11.2 Å². The van der Waals surface area contributed by atoms with Crippen molar-refractivity contribution in [3.05, 3.63) is 6.33 Å². The number of imidazole rings is 1. The van der Waals surface area contributed by atoms with E-state index in [1.807, 2.05) is 0 Å². The molecule has 0 amide bonds. The highest BCUT2D eigenvalue weighted by molar-refractivity contribution is 7.47. The van der Waals surface area contributed by atoms with Crippen molar-refractivity contribution in [3.63, 3.8) is 0 Å². The van der Waals surface area contributed by atoms with Gasteiger partial charge in [-0.05, 0) is 0 Å². The van der Waals surface area contributed by atoms with Crippen LogP contribution in [0.4, 0.5) is 11.8 Å². The molecule has 0 aromatic carbocycles. The molecule has 1 aliphatic rings. The number of nitrogens with zero attached hydrogens (tertiary/aromatic N) is 4. The molecule has 0 bridgehead atoms. The summed E-state index contributed by atoms with van der Waals surface area (Å²) in [6.07, 6.45) is -0.707. The molecule has 6 N–H and O–H groups in total. The van der Waals surface area contributed by atoms with Crippen molar-refractivity contribution in [3.8, 4) is 0 Å². The van der Waals surface area contributed by atoms with E-state index in [1.54, 1.807) is 4.57 Å². The highest BCUT2D eigenvalue weighted by atomic mass is 31.2. The number of nitrogen functional groups attached to an aromatic ring is 2. The molecule has 12 nitrogen and oxygen atoms in total. The fraction of sp³-hybridized carbons (Fsp3) is 0.545. The zero-order chi connectivity index (χ0) is 17.5. The third-order valence-corrected chi connectivity index (χ3v) is 4.55. The minimum absolute atomic E-state index is 0.0125. The Morgan fingerprint density at radius 3 is 2.96 bits per heavy atom. The summed E-state index contributed by atoms with van der Waals surface area (Å²) >= 11 is 0. The molecule has 1 saturated heterocycles. The van der Waals surface area contributed by atoms with Crippen molar-refractivity contribution in [1.82, 2.24) is 19.5 Å². The van der Waals surface area contributed by atoms with Gasteiger partial charge in [-0.25, -0.2) is 9.55 Å². The van der Waals surface area contributed by atoms with Gasteiger partial charge in [0.05, 0.1) is 19.0 Å². The number of aromatic nitrogens is 4. The minimum Gasteiger partial charge on any atom is -0.390 e. The molecular formula is C11H17N6O6P. The lowest BCUT2D eigenvalue weighted by Gasteiger charge is -2.17. The molecule has 0 saturated carbocycles. The molecule has 4 unspecified atom stereocenters. The van der Waals surface area contributed by atoms with Crippen LogP contribution in [0, 0.1) is 0 Å². The number of phosphoric ester groups is 1. The van der Waals surface area contributed by atoms with Gasteiger partial charge < -0.3 is 26.2 Å². The van der Waals surface area contributed by atoms with E-state index in [1.165, 1.54) is 6.33 Å². The summed E-state index contributed by atoms with van der Waals surface area (Å²) in [7, 11) is -3.11. The fourth-order valence-electron chi connectivity index (χ4n) is 2.42. The van der Waals surface area contributed by atoms with E-state index in [9.17, 15) is 14.6 Å². The first-order valence-electron chi connectivity index (χ1n) is 6.93. The van der Waals surface area contributed by atoms with Gasteiger partial charge in [0.25, 0.3) is 0 Å². The van der Waals surface area contributed by atoms with Crippen LogP contribution in [0.2, 0.25) is 0 Å². The Morgan fingerprint density at radius 2 is 2.25 bits per heavy atom. The Labute approximate surface area is 136 Å². The number of hydrogen-bond donors (Lipinski definition) is 4. The number of rotatable bonds is 5. The van der Waals surface area contributed by atoms with Crippen LogP contribution in [0.25, 0.3) is 11.2 Å². The van der Waals surface area contributed by atoms with Crippen LogP contribution in [-0.4, -0.2) is 55.4 Å². The average molecular weight is 360 g/mol. The number of aliphatic hydroxyl groups excluding tert-OH is 1. The Morgan fingerprint density at radius 1 is 1.50 bits per heavy atom. The third kappa shape index (κ3) is 3.20. The lowest BCUT2D eigenvalue weighted by molar-refractivity contribution is -0.0431.